The van der Waals surface area contributed by atoms with E-state index in [1.807, 2.05) is 20.2 Å². The third kappa shape index (κ3) is 6.25. The second-order valence-corrected chi connectivity index (χ2v) is 7.23. The number of rotatable bonds is 10. The lowest BCUT2D eigenvalue weighted by molar-refractivity contribution is 0.318. The van der Waals surface area contributed by atoms with Crippen LogP contribution in [-0.4, -0.2) is 46.7 Å². The van der Waals surface area contributed by atoms with Crippen molar-refractivity contribution < 1.29 is 13.2 Å². The molecular formula is C14H24N2O3S2. The van der Waals surface area contributed by atoms with E-state index < -0.39 is 10.0 Å². The monoisotopic (exact) mass is 332 g/mol. The van der Waals surface area contributed by atoms with Gasteiger partial charge in [0.15, 0.2) is 0 Å². The first-order valence-corrected chi connectivity index (χ1v) is 9.80. The van der Waals surface area contributed by atoms with Crippen molar-refractivity contribution in [1.29, 1.82) is 0 Å². The topological polar surface area (TPSA) is 67.4 Å². The Kier molecular flexibility index (Phi) is 8.10. The quantitative estimate of drug-likeness (QED) is 0.639. The molecule has 0 aliphatic carbocycles. The fraction of sp³-hybridized carbons (Fsp3) is 0.571. The minimum absolute atomic E-state index is 0.0449. The Morgan fingerprint density at radius 2 is 1.95 bits per heavy atom. The van der Waals surface area contributed by atoms with Gasteiger partial charge in [0.2, 0.25) is 10.0 Å². The third-order valence-corrected chi connectivity index (χ3v) is 5.21. The second-order valence-electron chi connectivity index (χ2n) is 4.61. The van der Waals surface area contributed by atoms with Crippen LogP contribution < -0.4 is 14.8 Å². The molecule has 0 spiro atoms. The molecule has 0 bridgehead atoms. The molecule has 0 amide bonds. The molecule has 1 unspecified atom stereocenters. The Morgan fingerprint density at radius 1 is 1.29 bits per heavy atom. The Morgan fingerprint density at radius 3 is 2.48 bits per heavy atom. The summed E-state index contributed by atoms with van der Waals surface area (Å²) in [5.74, 6) is 1.43. The third-order valence-electron chi connectivity index (χ3n) is 2.94. The maximum absolute atomic E-state index is 12.3. The minimum atomic E-state index is -3.47. The molecule has 0 radical (unpaired) electrons. The smallest absolute Gasteiger partial charge is 0.240 e. The van der Waals surface area contributed by atoms with E-state index in [4.69, 9.17) is 4.74 Å². The highest BCUT2D eigenvalue weighted by molar-refractivity contribution is 7.98. The highest BCUT2D eigenvalue weighted by atomic mass is 32.2. The average Bonchev–Trinajstić information content (AvgIpc) is 2.47. The van der Waals surface area contributed by atoms with Crippen LogP contribution in [0.5, 0.6) is 5.75 Å². The summed E-state index contributed by atoms with van der Waals surface area (Å²) in [5.41, 5.74) is 0. The van der Waals surface area contributed by atoms with Gasteiger partial charge in [0.25, 0.3) is 0 Å². The molecule has 1 rings (SSSR count). The number of thioether (sulfide) groups is 1. The highest BCUT2D eigenvalue weighted by Crippen LogP contribution is 2.17. The molecule has 0 fully saturated rings. The summed E-state index contributed by atoms with van der Waals surface area (Å²) in [5, 5.41) is 2.98. The lowest BCUT2D eigenvalue weighted by Gasteiger charge is -2.16. The van der Waals surface area contributed by atoms with E-state index >= 15 is 0 Å². The molecule has 7 heteroatoms. The SMILES string of the molecule is CCC(CSC)NS(=O)(=O)c1ccc(OCCNC)cc1. The first kappa shape index (κ1) is 18.3. The van der Waals surface area contributed by atoms with Crippen LogP contribution in [0.2, 0.25) is 0 Å². The molecule has 1 aromatic carbocycles. The van der Waals surface area contributed by atoms with Crippen LogP contribution >= 0.6 is 11.8 Å². The number of benzene rings is 1. The van der Waals surface area contributed by atoms with E-state index in [1.54, 1.807) is 36.0 Å². The Bertz CT molecular complexity index is 503. The predicted molar refractivity (Wildman–Crippen MR) is 88.6 cm³/mol. The molecule has 0 aliphatic rings. The zero-order valence-electron chi connectivity index (χ0n) is 12.8. The van der Waals surface area contributed by atoms with Crippen molar-refractivity contribution in [3.8, 4) is 5.75 Å². The zero-order chi connectivity index (χ0) is 15.7. The van der Waals surface area contributed by atoms with Gasteiger partial charge < -0.3 is 10.1 Å². The summed E-state index contributed by atoms with van der Waals surface area (Å²) in [6, 6.07) is 6.46. The molecule has 2 N–H and O–H groups in total. The van der Waals surface area contributed by atoms with E-state index in [0.29, 0.717) is 12.4 Å². The van der Waals surface area contributed by atoms with E-state index in [9.17, 15) is 8.42 Å². The number of hydrogen-bond acceptors (Lipinski definition) is 5. The molecule has 1 aromatic rings. The lowest BCUT2D eigenvalue weighted by Crippen LogP contribution is -2.36. The summed E-state index contributed by atoms with van der Waals surface area (Å²) in [7, 11) is -1.62. The number of ether oxygens (including phenoxy) is 1. The fourth-order valence-corrected chi connectivity index (χ4v) is 3.86. The van der Waals surface area contributed by atoms with Gasteiger partial charge in [-0.05, 0) is 44.0 Å². The van der Waals surface area contributed by atoms with E-state index in [0.717, 1.165) is 18.7 Å². The first-order valence-electron chi connectivity index (χ1n) is 6.92. The van der Waals surface area contributed by atoms with Crippen molar-refractivity contribution in [2.75, 3.05) is 32.2 Å². The number of hydrogen-bond donors (Lipinski definition) is 2. The second kappa shape index (κ2) is 9.30. The minimum Gasteiger partial charge on any atom is -0.492 e. The van der Waals surface area contributed by atoms with Crippen LogP contribution in [0.15, 0.2) is 29.2 Å². The van der Waals surface area contributed by atoms with Crippen LogP contribution in [0.4, 0.5) is 0 Å². The molecule has 0 aromatic heterocycles. The summed E-state index contributed by atoms with van der Waals surface area (Å²) < 4.78 is 32.8. The summed E-state index contributed by atoms with van der Waals surface area (Å²) in [4.78, 5) is 0.267. The van der Waals surface area contributed by atoms with Gasteiger partial charge >= 0.3 is 0 Å². The van der Waals surface area contributed by atoms with E-state index in [2.05, 4.69) is 10.0 Å². The van der Waals surface area contributed by atoms with Crippen LogP contribution in [0.1, 0.15) is 13.3 Å². The van der Waals surface area contributed by atoms with Gasteiger partial charge in [0, 0.05) is 18.3 Å². The van der Waals surface area contributed by atoms with Crippen LogP contribution in [-0.2, 0) is 10.0 Å². The maximum atomic E-state index is 12.3. The number of sulfonamides is 1. The van der Waals surface area contributed by atoms with Crippen molar-refractivity contribution in [3.05, 3.63) is 24.3 Å². The normalized spacial score (nSPS) is 13.1. The van der Waals surface area contributed by atoms with Gasteiger partial charge in [-0.25, -0.2) is 13.1 Å². The Hall–Kier alpha value is -0.760. The molecule has 5 nitrogen and oxygen atoms in total. The predicted octanol–water partition coefficient (Wildman–Crippen LogP) is 1.70. The molecule has 0 aliphatic heterocycles. The molecule has 120 valence electrons. The molecule has 0 heterocycles. The summed E-state index contributed by atoms with van der Waals surface area (Å²) in [6.07, 6.45) is 2.74. The van der Waals surface area contributed by atoms with Crippen molar-refractivity contribution in [1.82, 2.24) is 10.0 Å². The summed E-state index contributed by atoms with van der Waals surface area (Å²) in [6.45, 7) is 3.27. The van der Waals surface area contributed by atoms with Crippen molar-refractivity contribution in [2.24, 2.45) is 0 Å². The van der Waals surface area contributed by atoms with Gasteiger partial charge in [-0.15, -0.1) is 0 Å². The molecule has 0 saturated carbocycles. The Labute approximate surface area is 131 Å². The van der Waals surface area contributed by atoms with Crippen molar-refractivity contribution >= 4 is 21.8 Å². The average molecular weight is 332 g/mol. The molecule has 21 heavy (non-hydrogen) atoms. The molecular weight excluding hydrogens is 308 g/mol. The maximum Gasteiger partial charge on any atom is 0.240 e. The standard InChI is InChI=1S/C14H24N2O3S2/c1-4-12(11-20-3)16-21(17,18)14-7-5-13(6-8-14)19-10-9-15-2/h5-8,12,15-16H,4,9-11H2,1-3H3. The van der Waals surface area contributed by atoms with Gasteiger partial charge in [0.1, 0.15) is 12.4 Å². The first-order chi connectivity index (χ1) is 10.0. The highest BCUT2D eigenvalue weighted by Gasteiger charge is 2.18. The van der Waals surface area contributed by atoms with E-state index in [-0.39, 0.29) is 10.9 Å². The summed E-state index contributed by atoms with van der Waals surface area (Å²) >= 11 is 1.63. The number of nitrogens with one attached hydrogen (secondary N) is 2. The fourth-order valence-electron chi connectivity index (χ4n) is 1.71. The number of likely N-dealkylation sites (N-methyl/N-ethyl adjacent to an activating group) is 1. The lowest BCUT2D eigenvalue weighted by atomic mass is 10.3. The zero-order valence-corrected chi connectivity index (χ0v) is 14.4. The molecule has 1 atom stereocenters. The van der Waals surface area contributed by atoms with Crippen molar-refractivity contribution in [3.63, 3.8) is 0 Å². The Balaban J connectivity index is 2.70. The largest absolute Gasteiger partial charge is 0.492 e. The van der Waals surface area contributed by atoms with Gasteiger partial charge in [0.05, 0.1) is 4.90 Å². The molecule has 0 saturated heterocycles. The van der Waals surface area contributed by atoms with E-state index in [1.165, 1.54) is 0 Å². The van der Waals surface area contributed by atoms with Crippen LogP contribution in [0.3, 0.4) is 0 Å². The van der Waals surface area contributed by atoms with Gasteiger partial charge in [-0.2, -0.15) is 11.8 Å². The van der Waals surface area contributed by atoms with Gasteiger partial charge in [-0.1, -0.05) is 6.92 Å². The van der Waals surface area contributed by atoms with Gasteiger partial charge in [-0.3, -0.25) is 0 Å². The van der Waals surface area contributed by atoms with Crippen LogP contribution in [0, 0.1) is 0 Å². The van der Waals surface area contributed by atoms with Crippen LogP contribution in [0.25, 0.3) is 0 Å². The van der Waals surface area contributed by atoms with Crippen molar-refractivity contribution in [2.45, 2.75) is 24.3 Å².